The van der Waals surface area contributed by atoms with E-state index in [0.717, 1.165) is 13.1 Å². The Bertz CT molecular complexity index is 197. The zero-order valence-electron chi connectivity index (χ0n) is 8.75. The molecule has 0 bridgehead atoms. The van der Waals surface area contributed by atoms with Crippen LogP contribution in [0.1, 0.15) is 27.2 Å². The monoisotopic (exact) mass is 181 g/mol. The van der Waals surface area contributed by atoms with Gasteiger partial charge in [0.1, 0.15) is 0 Å². The molecule has 1 aliphatic rings. The molecule has 0 radical (unpaired) electrons. The van der Waals surface area contributed by atoms with Gasteiger partial charge in [-0.1, -0.05) is 0 Å². The quantitative estimate of drug-likeness (QED) is 0.690. The fourth-order valence-electron chi connectivity index (χ4n) is 1.91. The number of hydrogen-bond acceptors (Lipinski definition) is 3. The van der Waals surface area contributed by atoms with Crippen LogP contribution in [0, 0.1) is 11.3 Å². The standard InChI is InChI=1S/C10H19N3/c1-8-7-13(9(2)4-5-11)10(3)6-12-8/h8-10,12H,4,6-7H2,1-3H3. The van der Waals surface area contributed by atoms with E-state index >= 15 is 0 Å². The van der Waals surface area contributed by atoms with Crippen molar-refractivity contribution in [2.75, 3.05) is 13.1 Å². The molecule has 3 atom stereocenters. The van der Waals surface area contributed by atoms with E-state index in [9.17, 15) is 0 Å². The Morgan fingerprint density at radius 1 is 1.62 bits per heavy atom. The zero-order valence-corrected chi connectivity index (χ0v) is 8.75. The Morgan fingerprint density at radius 2 is 2.31 bits per heavy atom. The van der Waals surface area contributed by atoms with Crippen LogP contribution in [0.4, 0.5) is 0 Å². The van der Waals surface area contributed by atoms with Crippen LogP contribution < -0.4 is 5.32 Å². The minimum absolute atomic E-state index is 0.393. The maximum absolute atomic E-state index is 8.63. The van der Waals surface area contributed by atoms with Gasteiger partial charge in [-0.25, -0.2) is 0 Å². The summed E-state index contributed by atoms with van der Waals surface area (Å²) in [6.07, 6.45) is 0.636. The van der Waals surface area contributed by atoms with Crippen LogP contribution in [0.3, 0.4) is 0 Å². The van der Waals surface area contributed by atoms with Crippen molar-refractivity contribution in [3.05, 3.63) is 0 Å². The SMILES string of the molecule is CC1CN(C(C)CC#N)C(C)CN1. The second-order valence-electron chi connectivity index (χ2n) is 4.07. The van der Waals surface area contributed by atoms with E-state index < -0.39 is 0 Å². The average molecular weight is 181 g/mol. The third kappa shape index (κ3) is 2.68. The first-order valence-corrected chi connectivity index (χ1v) is 5.01. The summed E-state index contributed by atoms with van der Waals surface area (Å²) in [6.45, 7) is 8.64. The molecular formula is C10H19N3. The number of nitrogens with zero attached hydrogens (tertiary/aromatic N) is 2. The van der Waals surface area contributed by atoms with Crippen molar-refractivity contribution in [1.29, 1.82) is 5.26 Å². The third-order valence-electron chi connectivity index (χ3n) is 2.77. The lowest BCUT2D eigenvalue weighted by atomic mass is 10.1. The predicted molar refractivity (Wildman–Crippen MR) is 53.3 cm³/mol. The molecule has 0 aromatic rings. The number of nitrogens with one attached hydrogen (secondary N) is 1. The van der Waals surface area contributed by atoms with Crippen molar-refractivity contribution in [2.45, 2.75) is 45.3 Å². The normalized spacial score (nSPS) is 32.5. The lowest BCUT2D eigenvalue weighted by molar-refractivity contribution is 0.105. The molecule has 1 aliphatic heterocycles. The van der Waals surface area contributed by atoms with E-state index in [0.29, 0.717) is 24.5 Å². The predicted octanol–water partition coefficient (Wildman–Crippen LogP) is 0.971. The molecule has 0 aromatic carbocycles. The molecule has 1 rings (SSSR count). The summed E-state index contributed by atoms with van der Waals surface area (Å²) >= 11 is 0. The first kappa shape index (κ1) is 10.5. The highest BCUT2D eigenvalue weighted by atomic mass is 15.2. The van der Waals surface area contributed by atoms with Gasteiger partial charge >= 0.3 is 0 Å². The van der Waals surface area contributed by atoms with E-state index in [-0.39, 0.29) is 0 Å². The van der Waals surface area contributed by atoms with Crippen LogP contribution in [0.5, 0.6) is 0 Å². The van der Waals surface area contributed by atoms with Gasteiger partial charge < -0.3 is 5.32 Å². The van der Waals surface area contributed by atoms with Crippen molar-refractivity contribution >= 4 is 0 Å². The van der Waals surface area contributed by atoms with Gasteiger partial charge in [-0.3, -0.25) is 4.90 Å². The molecule has 1 fully saturated rings. The van der Waals surface area contributed by atoms with Gasteiger partial charge in [0.2, 0.25) is 0 Å². The average Bonchev–Trinajstić information content (AvgIpc) is 2.09. The van der Waals surface area contributed by atoms with Crippen LogP contribution in [0.2, 0.25) is 0 Å². The zero-order chi connectivity index (χ0) is 9.84. The molecule has 3 nitrogen and oxygen atoms in total. The van der Waals surface area contributed by atoms with Crippen molar-refractivity contribution in [3.63, 3.8) is 0 Å². The number of hydrogen-bond donors (Lipinski definition) is 1. The van der Waals surface area contributed by atoms with E-state index in [1.54, 1.807) is 0 Å². The minimum atomic E-state index is 0.393. The third-order valence-corrected chi connectivity index (χ3v) is 2.77. The topological polar surface area (TPSA) is 39.1 Å². The van der Waals surface area contributed by atoms with Gasteiger partial charge in [-0.05, 0) is 20.8 Å². The molecule has 0 aliphatic carbocycles. The van der Waals surface area contributed by atoms with E-state index in [4.69, 9.17) is 5.26 Å². The number of piperazine rings is 1. The van der Waals surface area contributed by atoms with Gasteiger partial charge in [0, 0.05) is 31.2 Å². The molecule has 0 saturated carbocycles. The minimum Gasteiger partial charge on any atom is -0.311 e. The van der Waals surface area contributed by atoms with Gasteiger partial charge in [0.25, 0.3) is 0 Å². The van der Waals surface area contributed by atoms with Crippen LogP contribution in [-0.2, 0) is 0 Å². The summed E-state index contributed by atoms with van der Waals surface area (Å²) in [4.78, 5) is 2.42. The van der Waals surface area contributed by atoms with Crippen LogP contribution >= 0.6 is 0 Å². The second-order valence-corrected chi connectivity index (χ2v) is 4.07. The molecule has 1 N–H and O–H groups in total. The Labute approximate surface area is 80.7 Å². The summed E-state index contributed by atoms with van der Waals surface area (Å²) in [6, 6.07) is 3.74. The Balaban J connectivity index is 2.50. The van der Waals surface area contributed by atoms with Gasteiger partial charge in [0.05, 0.1) is 12.5 Å². The summed E-state index contributed by atoms with van der Waals surface area (Å²) in [7, 11) is 0. The molecule has 13 heavy (non-hydrogen) atoms. The van der Waals surface area contributed by atoms with E-state index in [1.165, 1.54) is 0 Å². The van der Waals surface area contributed by atoms with Crippen molar-refractivity contribution in [3.8, 4) is 6.07 Å². The van der Waals surface area contributed by atoms with E-state index in [1.807, 2.05) is 0 Å². The highest BCUT2D eigenvalue weighted by molar-refractivity contribution is 4.88. The summed E-state index contributed by atoms with van der Waals surface area (Å²) in [5, 5.41) is 12.1. The lowest BCUT2D eigenvalue weighted by Gasteiger charge is -2.40. The van der Waals surface area contributed by atoms with Crippen molar-refractivity contribution < 1.29 is 0 Å². The molecule has 1 heterocycles. The lowest BCUT2D eigenvalue weighted by Crippen LogP contribution is -2.56. The number of nitriles is 1. The second kappa shape index (κ2) is 4.59. The first-order valence-electron chi connectivity index (χ1n) is 5.01. The van der Waals surface area contributed by atoms with Crippen LogP contribution in [0.25, 0.3) is 0 Å². The molecular weight excluding hydrogens is 162 g/mol. The molecule has 0 spiro atoms. The van der Waals surface area contributed by atoms with Gasteiger partial charge in [-0.15, -0.1) is 0 Å². The van der Waals surface area contributed by atoms with Crippen molar-refractivity contribution in [1.82, 2.24) is 10.2 Å². The molecule has 1 saturated heterocycles. The van der Waals surface area contributed by atoms with Gasteiger partial charge in [-0.2, -0.15) is 5.26 Å². The summed E-state index contributed by atoms with van der Waals surface area (Å²) in [5.74, 6) is 0. The fraction of sp³-hybridized carbons (Fsp3) is 0.900. The largest absolute Gasteiger partial charge is 0.311 e. The highest BCUT2D eigenvalue weighted by Crippen LogP contribution is 2.12. The highest BCUT2D eigenvalue weighted by Gasteiger charge is 2.25. The molecule has 74 valence electrons. The molecule has 0 aromatic heterocycles. The van der Waals surface area contributed by atoms with Gasteiger partial charge in [0.15, 0.2) is 0 Å². The molecule has 3 heteroatoms. The number of rotatable bonds is 2. The van der Waals surface area contributed by atoms with Crippen LogP contribution in [-0.4, -0.2) is 36.1 Å². The Morgan fingerprint density at radius 3 is 2.92 bits per heavy atom. The fourth-order valence-corrected chi connectivity index (χ4v) is 1.91. The summed E-state index contributed by atoms with van der Waals surface area (Å²) in [5.41, 5.74) is 0. The molecule has 3 unspecified atom stereocenters. The van der Waals surface area contributed by atoms with E-state index in [2.05, 4.69) is 37.1 Å². The first-order chi connectivity index (χ1) is 6.15. The van der Waals surface area contributed by atoms with Crippen LogP contribution in [0.15, 0.2) is 0 Å². The molecule has 0 amide bonds. The smallest absolute Gasteiger partial charge is 0.0638 e. The summed E-state index contributed by atoms with van der Waals surface area (Å²) < 4.78 is 0. The Hall–Kier alpha value is -0.590. The Kier molecular flexibility index (Phi) is 3.71. The van der Waals surface area contributed by atoms with Crippen molar-refractivity contribution in [2.24, 2.45) is 0 Å². The maximum Gasteiger partial charge on any atom is 0.0638 e. The maximum atomic E-state index is 8.63.